The third kappa shape index (κ3) is 15.1. The molecule has 10 bridgehead atoms. The first-order valence-electron chi connectivity index (χ1n) is 28.7. The highest BCUT2D eigenvalue weighted by atomic mass is 32.1. The van der Waals surface area contributed by atoms with E-state index < -0.39 is 72.1 Å². The number of rotatable bonds is 15. The van der Waals surface area contributed by atoms with E-state index in [-0.39, 0.29) is 85.3 Å². The summed E-state index contributed by atoms with van der Waals surface area (Å²) in [6, 6.07) is 10.1. The molecule has 30 heteroatoms. The number of amides is 5. The van der Waals surface area contributed by atoms with E-state index in [2.05, 4.69) is 21.3 Å². The lowest BCUT2D eigenvalue weighted by atomic mass is 9.80. The second-order valence-electron chi connectivity index (χ2n) is 21.9. The molecule has 1 aliphatic carbocycles. The number of ketones is 1. The number of thiazole rings is 6. The van der Waals surface area contributed by atoms with Gasteiger partial charge in [0.2, 0.25) is 17.7 Å². The van der Waals surface area contributed by atoms with Crippen LogP contribution in [0, 0.1) is 24.7 Å². The first-order valence-corrected chi connectivity index (χ1v) is 33.8. The standard InChI is InChI=1S/C60H62N12O12S6/c1-28(2)34-20-40(73)47-29(3)89-58(70-47)36(21-43(74)61-4)64-52(80)38-25-85-54(66-38)33-15-16-35(56-68-42(27-88-56)72(18-17-46(77)78)45(76)19-30-11-13-32(14-12-30)60(82)83)63-48(33)37-24-86-57(65-37)39-26-87-59(67-39)50(51(79)31-9-7-6-8-10-31)69-44(75)22-62-53(81)49-41(23-84-5)90-55(34)71-49/h6-10,15-16,24-28,30,32,34,36,50-51,79H,11-14,17-23H2,1-5H3,(H,61,74)(H,62,81)(H,64,80)(H,69,75)(H,77,78)(H,82,83)/t30?,32?,34?,36-,50-,51-/m0/s1. The fourth-order valence-corrected chi connectivity index (χ4v) is 16.1. The molecule has 1 unspecified atom stereocenters. The molecule has 1 saturated carbocycles. The number of pyridine rings is 1. The van der Waals surface area contributed by atoms with Crippen molar-refractivity contribution in [3.63, 3.8) is 0 Å². The van der Waals surface area contributed by atoms with Gasteiger partial charge in [0.05, 0.1) is 53.5 Å². The lowest BCUT2D eigenvalue weighted by Crippen LogP contribution is -2.40. The van der Waals surface area contributed by atoms with E-state index in [1.54, 1.807) is 70.9 Å². The van der Waals surface area contributed by atoms with Crippen molar-refractivity contribution in [3.05, 3.63) is 111 Å². The number of anilines is 1. The molecule has 1 aromatic carbocycles. The van der Waals surface area contributed by atoms with Crippen LogP contribution >= 0.6 is 68.0 Å². The number of methoxy groups -OCH3 is 1. The number of nitrogens with one attached hydrogen (secondary N) is 4. The van der Waals surface area contributed by atoms with E-state index in [1.165, 1.54) is 64.4 Å². The third-order valence-corrected chi connectivity index (χ3v) is 21.1. The van der Waals surface area contributed by atoms with Crippen molar-refractivity contribution < 1.29 is 58.4 Å². The van der Waals surface area contributed by atoms with Crippen molar-refractivity contribution in [1.82, 2.24) is 56.2 Å². The van der Waals surface area contributed by atoms with E-state index >= 15 is 0 Å². The van der Waals surface area contributed by atoms with Crippen LogP contribution in [0.3, 0.4) is 0 Å². The van der Waals surface area contributed by atoms with Crippen molar-refractivity contribution in [2.24, 2.45) is 17.8 Å². The van der Waals surface area contributed by atoms with Gasteiger partial charge in [-0.15, -0.1) is 68.0 Å². The molecule has 0 spiro atoms. The molecule has 0 radical (unpaired) electrons. The molecule has 7 N–H and O–H groups in total. The van der Waals surface area contributed by atoms with Crippen molar-refractivity contribution in [2.75, 3.05) is 32.1 Å². The number of aliphatic carboxylic acids is 2. The number of aromatic nitrogens is 7. The van der Waals surface area contributed by atoms with Crippen LogP contribution < -0.4 is 26.2 Å². The lowest BCUT2D eigenvalue weighted by Gasteiger charge is -2.28. The number of hydrogen-bond donors (Lipinski definition) is 7. The Bertz CT molecular complexity index is 3980. The highest BCUT2D eigenvalue weighted by molar-refractivity contribution is 7.15. The number of Topliss-reactive ketones (excluding diaryl/α,β-unsaturated/α-hetero) is 1. The van der Waals surface area contributed by atoms with Crippen LogP contribution in [-0.2, 0) is 35.3 Å². The summed E-state index contributed by atoms with van der Waals surface area (Å²) >= 11 is 7.12. The van der Waals surface area contributed by atoms with Gasteiger partial charge in [0.25, 0.3) is 11.8 Å². The van der Waals surface area contributed by atoms with Gasteiger partial charge in [-0.25, -0.2) is 34.9 Å². The van der Waals surface area contributed by atoms with E-state index in [1.807, 2.05) is 13.8 Å². The predicted octanol–water partition coefficient (Wildman–Crippen LogP) is 9.29. The smallest absolute Gasteiger partial charge is 0.306 e. The SMILES string of the molecule is CNC(=O)C[C@@H]1NC(=O)c2csc(n2)-c2ccc(-c3nc(N(CCC(=O)O)C(=O)CC4CCC(C(=O)O)CC4)cs3)nc2-c2csc(n2)-c2csc(n2)[C@H]([C@@H](O)c2ccccc2)NC(=O)CNC(=O)c2nc(sc2COC)C(C(C)C)CC(=O)c2nc1sc2C. The Morgan fingerprint density at radius 3 is 2.14 bits per heavy atom. The highest BCUT2D eigenvalue weighted by Crippen LogP contribution is 2.42. The molecule has 5 amide bonds. The fraction of sp³-hybridized carbons (Fsp3) is 0.383. The highest BCUT2D eigenvalue weighted by Gasteiger charge is 2.35. The summed E-state index contributed by atoms with van der Waals surface area (Å²) in [7, 11) is 2.94. The Hall–Kier alpha value is -7.97. The van der Waals surface area contributed by atoms with Crippen LogP contribution in [0.1, 0.15) is 151 Å². The monoisotopic (exact) mass is 1330 g/mol. The second-order valence-corrected chi connectivity index (χ2v) is 27.7. The molecule has 1 fully saturated rings. The molecule has 10 rings (SSSR count). The number of carboxylic acids is 2. The number of aryl methyl sites for hydroxylation is 1. The zero-order chi connectivity index (χ0) is 63.9. The Kier molecular flexibility index (Phi) is 20.9. The average molecular weight is 1340 g/mol. The number of nitrogens with zero attached hydrogens (tertiary/aromatic N) is 8. The minimum atomic E-state index is -1.30. The first kappa shape index (κ1) is 65.0. The minimum absolute atomic E-state index is 0.00325. The quantitative estimate of drug-likeness (QED) is 0.0502. The average Bonchev–Trinajstić information content (AvgIpc) is 1.73. The Morgan fingerprint density at radius 1 is 0.722 bits per heavy atom. The number of hydrogen-bond acceptors (Lipinski definition) is 23. The summed E-state index contributed by atoms with van der Waals surface area (Å²) in [5.74, 6) is -5.95. The molecular weight excluding hydrogens is 1270 g/mol. The number of benzene rings is 1. The molecule has 24 nitrogen and oxygen atoms in total. The van der Waals surface area contributed by atoms with E-state index in [9.17, 15) is 53.7 Å². The molecule has 0 saturated heterocycles. The van der Waals surface area contributed by atoms with Crippen LogP contribution in [-0.4, -0.2) is 125 Å². The van der Waals surface area contributed by atoms with Gasteiger partial charge >= 0.3 is 11.9 Å². The Balaban J connectivity index is 1.04. The molecule has 2 aliphatic rings. The van der Waals surface area contributed by atoms with E-state index in [0.29, 0.717) is 99.4 Å². The summed E-state index contributed by atoms with van der Waals surface area (Å²) < 4.78 is 5.47. The zero-order valence-electron chi connectivity index (χ0n) is 49.2. The van der Waals surface area contributed by atoms with E-state index in [0.717, 1.165) is 22.7 Å². The molecule has 1 aliphatic heterocycles. The molecular formula is C60H62N12O12S6. The van der Waals surface area contributed by atoms with Crippen molar-refractivity contribution in [3.8, 4) is 43.4 Å². The number of ether oxygens (including phenoxy) is 1. The maximum Gasteiger partial charge on any atom is 0.306 e. The van der Waals surface area contributed by atoms with Gasteiger partial charge in [-0.05, 0) is 62.1 Å². The van der Waals surface area contributed by atoms with Crippen LogP contribution in [0.5, 0.6) is 0 Å². The molecule has 90 heavy (non-hydrogen) atoms. The van der Waals surface area contributed by atoms with Gasteiger partial charge in [-0.1, -0.05) is 44.2 Å². The number of fused-ring (bicyclic) bond motifs is 14. The summed E-state index contributed by atoms with van der Waals surface area (Å²) in [6.45, 7) is 4.94. The van der Waals surface area contributed by atoms with Crippen LogP contribution in [0.15, 0.2) is 64.0 Å². The number of carboxylic acid groups (broad SMARTS) is 2. The zero-order valence-corrected chi connectivity index (χ0v) is 54.1. The number of aliphatic hydroxyl groups is 1. The van der Waals surface area contributed by atoms with Crippen molar-refractivity contribution in [2.45, 2.75) is 103 Å². The van der Waals surface area contributed by atoms with Gasteiger partial charge in [-0.3, -0.25) is 43.3 Å². The predicted molar refractivity (Wildman–Crippen MR) is 341 cm³/mol. The fourth-order valence-electron chi connectivity index (χ4n) is 10.5. The summed E-state index contributed by atoms with van der Waals surface area (Å²) in [4.78, 5) is 144. The summed E-state index contributed by atoms with van der Waals surface area (Å²) in [5, 5.41) is 51.3. The van der Waals surface area contributed by atoms with Gasteiger partial charge in [0, 0.05) is 71.4 Å². The van der Waals surface area contributed by atoms with Crippen LogP contribution in [0.25, 0.3) is 43.4 Å². The van der Waals surface area contributed by atoms with Crippen molar-refractivity contribution >= 4 is 121 Å². The first-order chi connectivity index (χ1) is 43.2. The number of carbonyl (C=O) groups excluding carboxylic acids is 6. The number of aliphatic hydroxyl groups excluding tert-OH is 1. The second kappa shape index (κ2) is 28.9. The molecule has 4 atom stereocenters. The van der Waals surface area contributed by atoms with Gasteiger partial charge in [0.15, 0.2) is 5.78 Å². The topological polar surface area (TPSA) is 348 Å². The summed E-state index contributed by atoms with van der Waals surface area (Å²) in [6.07, 6.45) is 0.138. The normalized spacial score (nSPS) is 18.7. The minimum Gasteiger partial charge on any atom is -0.481 e. The largest absolute Gasteiger partial charge is 0.481 e. The maximum absolute atomic E-state index is 14.4. The van der Waals surface area contributed by atoms with Gasteiger partial charge < -0.3 is 41.3 Å². The third-order valence-electron chi connectivity index (χ3n) is 15.4. The Labute approximate surface area is 539 Å². The van der Waals surface area contributed by atoms with Gasteiger partial charge in [-0.2, -0.15) is 0 Å². The van der Waals surface area contributed by atoms with Crippen molar-refractivity contribution in [1.29, 1.82) is 0 Å². The van der Waals surface area contributed by atoms with Crippen LogP contribution in [0.4, 0.5) is 5.82 Å². The lowest BCUT2D eigenvalue weighted by molar-refractivity contribution is -0.143. The van der Waals surface area contributed by atoms with Gasteiger partial charge in [0.1, 0.15) is 77.2 Å². The molecule has 7 aromatic heterocycles. The van der Waals surface area contributed by atoms with E-state index in [4.69, 9.17) is 39.6 Å². The number of carbonyl (C=O) groups is 8. The Morgan fingerprint density at radius 2 is 1.42 bits per heavy atom. The molecule has 470 valence electrons. The maximum atomic E-state index is 14.4. The molecule has 8 aromatic rings. The summed E-state index contributed by atoms with van der Waals surface area (Å²) in [5.41, 5.74) is 2.55. The van der Waals surface area contributed by atoms with Crippen LogP contribution in [0.2, 0.25) is 0 Å². The molecule has 8 heterocycles.